The molecule has 0 radical (unpaired) electrons. The summed E-state index contributed by atoms with van der Waals surface area (Å²) in [5.74, 6) is 0. The van der Waals surface area contributed by atoms with Crippen molar-refractivity contribution >= 4 is 61.0 Å². The number of benzene rings is 9. The molecule has 0 aliphatic heterocycles. The summed E-state index contributed by atoms with van der Waals surface area (Å²) in [6, 6.07) is 80.6. The van der Waals surface area contributed by atoms with Crippen molar-refractivity contribution in [2.24, 2.45) is 0 Å². The Morgan fingerprint density at radius 1 is 0.317 bits per heavy atom. The molecule has 308 valence electrons. The molecule has 63 heavy (non-hydrogen) atoms. The zero-order valence-corrected chi connectivity index (χ0v) is 39.2. The summed E-state index contributed by atoms with van der Waals surface area (Å²) in [6.45, 7) is 15.7. The van der Waals surface area contributed by atoms with Crippen LogP contribution in [0.3, 0.4) is 0 Å². The molecule has 10 rings (SSSR count). The van der Waals surface area contributed by atoms with E-state index >= 15 is 0 Å². The largest absolute Gasteiger partial charge is 0.310 e. The number of hydrogen-bond acceptors (Lipinski definition) is 2. The predicted octanol–water partition coefficient (Wildman–Crippen LogP) is 17.1. The molecule has 1 aliphatic rings. The maximum atomic E-state index is 2.62. The second-order valence-electron chi connectivity index (χ2n) is 19.0. The third-order valence-electron chi connectivity index (χ3n) is 13.3. The standard InChI is InChI=1S/C59H54N2Si2/c1-62(2,3)59(63(4,5)6)57-42-53(61(49-29-17-10-18-30-49)51-32-20-26-46(40-51)44-23-13-8-14-24-44)35-38-55(57)56-36-33-47-41-52(34-37-54(47)58(56)59)60(48-27-15-9-16-28-48)50-31-19-25-45(39-50)43-21-11-7-12-22-43/h7-42H,1-6H3. The minimum absolute atomic E-state index is 0.0704. The normalized spacial score (nSPS) is 13.0. The van der Waals surface area contributed by atoms with Crippen LogP contribution in [-0.4, -0.2) is 16.1 Å². The second-order valence-corrected chi connectivity index (χ2v) is 30.0. The Bertz CT molecular complexity index is 3060. The number of hydrogen-bond donors (Lipinski definition) is 0. The molecule has 0 aromatic heterocycles. The maximum Gasteiger partial charge on any atom is 0.0579 e. The minimum atomic E-state index is -2.05. The molecule has 0 saturated heterocycles. The molecular formula is C59H54N2Si2. The monoisotopic (exact) mass is 846 g/mol. The smallest absolute Gasteiger partial charge is 0.0579 e. The molecule has 0 atom stereocenters. The Hall–Kier alpha value is -6.73. The zero-order chi connectivity index (χ0) is 43.3. The van der Waals surface area contributed by atoms with Crippen molar-refractivity contribution in [2.75, 3.05) is 9.80 Å². The van der Waals surface area contributed by atoms with Gasteiger partial charge in [0.05, 0.1) is 16.1 Å². The van der Waals surface area contributed by atoms with E-state index < -0.39 is 16.1 Å². The average Bonchev–Trinajstić information content (AvgIpc) is 3.63. The van der Waals surface area contributed by atoms with Crippen molar-refractivity contribution in [3.63, 3.8) is 0 Å². The topological polar surface area (TPSA) is 6.48 Å². The van der Waals surface area contributed by atoms with E-state index in [1.165, 1.54) is 55.4 Å². The van der Waals surface area contributed by atoms with Gasteiger partial charge in [-0.2, -0.15) is 0 Å². The minimum Gasteiger partial charge on any atom is -0.310 e. The maximum absolute atomic E-state index is 2.62. The van der Waals surface area contributed by atoms with E-state index in [9.17, 15) is 0 Å². The Kier molecular flexibility index (Phi) is 10.2. The SMILES string of the molecule is C[Si](C)(C)C1([Si](C)(C)C)c2cc(N(c3ccccc3)c3cccc(-c4ccccc4)c3)ccc2-c2ccc3cc(N(c4ccccc4)c4cccc(-c5ccccc5)c4)ccc3c21. The molecule has 0 spiro atoms. The van der Waals surface area contributed by atoms with E-state index in [4.69, 9.17) is 0 Å². The van der Waals surface area contributed by atoms with Crippen LogP contribution >= 0.6 is 0 Å². The van der Waals surface area contributed by atoms with Gasteiger partial charge in [-0.1, -0.05) is 185 Å². The van der Waals surface area contributed by atoms with Gasteiger partial charge in [-0.3, -0.25) is 0 Å². The van der Waals surface area contributed by atoms with Crippen molar-refractivity contribution in [1.29, 1.82) is 0 Å². The van der Waals surface area contributed by atoms with Crippen LogP contribution in [0.15, 0.2) is 218 Å². The lowest BCUT2D eigenvalue weighted by atomic mass is 9.97. The van der Waals surface area contributed by atoms with Gasteiger partial charge in [-0.05, 0) is 128 Å². The van der Waals surface area contributed by atoms with Crippen LogP contribution in [0, 0.1) is 0 Å². The molecule has 0 fully saturated rings. The summed E-state index contributed by atoms with van der Waals surface area (Å²) in [5, 5.41) is 2.66. The van der Waals surface area contributed by atoms with Crippen LogP contribution in [0.2, 0.25) is 39.3 Å². The molecular weight excluding hydrogens is 793 g/mol. The van der Waals surface area contributed by atoms with Crippen LogP contribution in [-0.2, 0) is 4.66 Å². The number of fused-ring (bicyclic) bond motifs is 5. The first kappa shape index (κ1) is 40.4. The Balaban J connectivity index is 1.15. The third-order valence-corrected chi connectivity index (χ3v) is 23.3. The lowest BCUT2D eigenvalue weighted by Crippen LogP contribution is -2.63. The summed E-state index contributed by atoms with van der Waals surface area (Å²) in [6.07, 6.45) is 0. The molecule has 0 bridgehead atoms. The Morgan fingerprint density at radius 2 is 0.714 bits per heavy atom. The van der Waals surface area contributed by atoms with Crippen LogP contribution in [0.1, 0.15) is 11.1 Å². The highest BCUT2D eigenvalue weighted by Gasteiger charge is 2.59. The number of nitrogens with zero attached hydrogens (tertiary/aromatic N) is 2. The first-order valence-electron chi connectivity index (χ1n) is 22.3. The Labute approximate surface area is 375 Å². The van der Waals surface area contributed by atoms with Crippen molar-refractivity contribution in [1.82, 2.24) is 0 Å². The fourth-order valence-corrected chi connectivity index (χ4v) is 24.1. The zero-order valence-electron chi connectivity index (χ0n) is 37.2. The van der Waals surface area contributed by atoms with Gasteiger partial charge >= 0.3 is 0 Å². The van der Waals surface area contributed by atoms with Crippen molar-refractivity contribution in [3.8, 4) is 33.4 Å². The van der Waals surface area contributed by atoms with Crippen LogP contribution in [0.5, 0.6) is 0 Å². The molecule has 9 aromatic carbocycles. The number of rotatable bonds is 10. The van der Waals surface area contributed by atoms with Crippen LogP contribution in [0.4, 0.5) is 34.1 Å². The van der Waals surface area contributed by atoms with Crippen molar-refractivity contribution < 1.29 is 0 Å². The third kappa shape index (κ3) is 6.95. The predicted molar refractivity (Wildman–Crippen MR) is 277 cm³/mol. The highest BCUT2D eigenvalue weighted by Crippen LogP contribution is 2.61. The van der Waals surface area contributed by atoms with Gasteiger partial charge < -0.3 is 9.80 Å². The molecule has 2 nitrogen and oxygen atoms in total. The van der Waals surface area contributed by atoms with Gasteiger partial charge in [0.25, 0.3) is 0 Å². The quantitative estimate of drug-likeness (QED) is 0.127. The average molecular weight is 847 g/mol. The van der Waals surface area contributed by atoms with E-state index in [0.717, 1.165) is 28.4 Å². The molecule has 0 amide bonds. The van der Waals surface area contributed by atoms with Crippen LogP contribution in [0.25, 0.3) is 44.2 Å². The van der Waals surface area contributed by atoms with E-state index in [-0.39, 0.29) is 4.66 Å². The second kappa shape index (κ2) is 15.9. The van der Waals surface area contributed by atoms with E-state index in [1.807, 2.05) is 0 Å². The highest BCUT2D eigenvalue weighted by molar-refractivity contribution is 7.00. The summed E-state index contributed by atoms with van der Waals surface area (Å²) >= 11 is 0. The molecule has 1 aliphatic carbocycles. The highest BCUT2D eigenvalue weighted by atomic mass is 28.4. The lowest BCUT2D eigenvalue weighted by Gasteiger charge is -2.51. The van der Waals surface area contributed by atoms with Crippen LogP contribution < -0.4 is 9.80 Å². The van der Waals surface area contributed by atoms with Crippen molar-refractivity contribution in [3.05, 3.63) is 230 Å². The molecule has 9 aromatic rings. The number of anilines is 6. The van der Waals surface area contributed by atoms with Gasteiger partial charge in [0.2, 0.25) is 0 Å². The van der Waals surface area contributed by atoms with Gasteiger partial charge in [0, 0.05) is 38.8 Å². The van der Waals surface area contributed by atoms with Gasteiger partial charge in [0.15, 0.2) is 0 Å². The lowest BCUT2D eigenvalue weighted by molar-refractivity contribution is 0.961. The summed E-state index contributed by atoms with van der Waals surface area (Å²) in [4.78, 5) is 4.87. The first-order chi connectivity index (χ1) is 30.5. The first-order valence-corrected chi connectivity index (χ1v) is 29.3. The van der Waals surface area contributed by atoms with Gasteiger partial charge in [0.1, 0.15) is 0 Å². The fraction of sp³-hybridized carbons (Fsp3) is 0.119. The summed E-state index contributed by atoms with van der Waals surface area (Å²) in [5.41, 5.74) is 17.6. The van der Waals surface area contributed by atoms with E-state index in [2.05, 4.69) is 267 Å². The van der Waals surface area contributed by atoms with Crippen molar-refractivity contribution in [2.45, 2.75) is 43.9 Å². The fourth-order valence-electron chi connectivity index (χ4n) is 11.1. The summed E-state index contributed by atoms with van der Waals surface area (Å²) in [7, 11) is -4.09. The molecule has 4 heteroatoms. The van der Waals surface area contributed by atoms with E-state index in [1.54, 1.807) is 5.56 Å². The summed E-state index contributed by atoms with van der Waals surface area (Å²) < 4.78 is -0.0704. The van der Waals surface area contributed by atoms with E-state index in [0.29, 0.717) is 0 Å². The molecule has 0 heterocycles. The number of para-hydroxylation sites is 2. The van der Waals surface area contributed by atoms with Gasteiger partial charge in [-0.15, -0.1) is 0 Å². The molecule has 0 N–H and O–H groups in total. The molecule has 0 unspecified atom stereocenters. The Morgan fingerprint density at radius 3 is 1.21 bits per heavy atom. The molecule has 0 saturated carbocycles. The van der Waals surface area contributed by atoms with Gasteiger partial charge in [-0.25, -0.2) is 0 Å².